The van der Waals surface area contributed by atoms with Gasteiger partial charge in [0, 0.05) is 0 Å². The van der Waals surface area contributed by atoms with E-state index in [1.807, 2.05) is 6.26 Å². The molecule has 0 aliphatic carbocycles. The van der Waals surface area contributed by atoms with Crippen molar-refractivity contribution in [1.29, 1.82) is 0 Å². The zero-order valence-corrected chi connectivity index (χ0v) is 7.02. The number of carbonyl (C=O) groups excluding carboxylic acids is 2. The second-order valence-electron chi connectivity index (χ2n) is 2.09. The highest BCUT2D eigenvalue weighted by Gasteiger charge is 2.27. The van der Waals surface area contributed by atoms with Crippen molar-refractivity contribution in [3.05, 3.63) is 0 Å². The topological polar surface area (TPSA) is 46.6 Å². The van der Waals surface area contributed by atoms with Crippen molar-refractivity contribution in [3.8, 4) is 0 Å². The second kappa shape index (κ2) is 3.61. The average Bonchev–Trinajstić information content (AvgIpc) is 2.36. The maximum Gasteiger partial charge on any atom is 0.416 e. The molecule has 1 fully saturated rings. The van der Waals surface area contributed by atoms with E-state index in [1.54, 1.807) is 0 Å². The van der Waals surface area contributed by atoms with Crippen molar-refractivity contribution in [2.45, 2.75) is 0 Å². The molecule has 0 radical (unpaired) electrons. The third-order valence-corrected chi connectivity index (χ3v) is 1.87. The molecule has 0 saturated carbocycles. The van der Waals surface area contributed by atoms with Crippen LogP contribution < -0.4 is 0 Å². The van der Waals surface area contributed by atoms with Crippen molar-refractivity contribution in [2.24, 2.45) is 0 Å². The summed E-state index contributed by atoms with van der Waals surface area (Å²) in [4.78, 5) is 23.0. The molecule has 1 heterocycles. The molecule has 1 rings (SSSR count). The molecule has 0 bridgehead atoms. The van der Waals surface area contributed by atoms with E-state index in [0.717, 1.165) is 4.90 Å². The second-order valence-corrected chi connectivity index (χ2v) is 2.96. The lowest BCUT2D eigenvalue weighted by Gasteiger charge is -2.08. The Labute approximate surface area is 68.9 Å². The van der Waals surface area contributed by atoms with Crippen molar-refractivity contribution >= 4 is 23.8 Å². The minimum Gasteiger partial charge on any atom is -0.447 e. The highest BCUT2D eigenvalue weighted by Crippen LogP contribution is 2.05. The van der Waals surface area contributed by atoms with Gasteiger partial charge in [-0.05, 0) is 6.26 Å². The highest BCUT2D eigenvalue weighted by atomic mass is 32.2. The molecule has 1 aliphatic rings. The number of hydrogen-bond donors (Lipinski definition) is 0. The van der Waals surface area contributed by atoms with Crippen LogP contribution in [0.2, 0.25) is 0 Å². The summed E-state index contributed by atoms with van der Waals surface area (Å²) in [6.45, 7) is 0.733. The number of ether oxygens (including phenoxy) is 1. The van der Waals surface area contributed by atoms with Crippen LogP contribution in [0, 0.1) is 0 Å². The predicted octanol–water partition coefficient (Wildman–Crippen LogP) is 0.328. The van der Waals surface area contributed by atoms with Gasteiger partial charge in [0.25, 0.3) is 0 Å². The molecule has 5 heteroatoms. The first-order valence-corrected chi connectivity index (χ1v) is 4.61. The van der Waals surface area contributed by atoms with E-state index >= 15 is 0 Å². The van der Waals surface area contributed by atoms with E-state index in [9.17, 15) is 9.59 Å². The summed E-state index contributed by atoms with van der Waals surface area (Å²) in [5.41, 5.74) is 0. The Morgan fingerprint density at radius 2 is 2.55 bits per heavy atom. The molecule has 11 heavy (non-hydrogen) atoms. The summed E-state index contributed by atoms with van der Waals surface area (Å²) in [7, 11) is 0. The Balaban J connectivity index is 2.46. The number of cyclic esters (lactones) is 1. The SMILES string of the molecule is CSCC(=O)N1CCOC1=O. The van der Waals surface area contributed by atoms with Gasteiger partial charge in [0.05, 0.1) is 12.3 Å². The van der Waals surface area contributed by atoms with Gasteiger partial charge < -0.3 is 4.74 Å². The Kier molecular flexibility index (Phi) is 2.76. The summed E-state index contributed by atoms with van der Waals surface area (Å²) in [5.74, 6) is 0.176. The van der Waals surface area contributed by atoms with E-state index in [-0.39, 0.29) is 5.91 Å². The number of carbonyl (C=O) groups is 2. The Bertz CT molecular complexity index is 183. The molecule has 0 atom stereocenters. The van der Waals surface area contributed by atoms with Gasteiger partial charge in [-0.1, -0.05) is 0 Å². The van der Waals surface area contributed by atoms with Crippen molar-refractivity contribution in [2.75, 3.05) is 25.2 Å². The van der Waals surface area contributed by atoms with Gasteiger partial charge in [-0.15, -0.1) is 0 Å². The fraction of sp³-hybridized carbons (Fsp3) is 0.667. The van der Waals surface area contributed by atoms with Gasteiger partial charge >= 0.3 is 6.09 Å². The lowest BCUT2D eigenvalue weighted by Crippen LogP contribution is -2.32. The van der Waals surface area contributed by atoms with Gasteiger partial charge in [-0.25, -0.2) is 9.69 Å². The maximum atomic E-state index is 11.1. The van der Waals surface area contributed by atoms with Crippen LogP contribution in [0.3, 0.4) is 0 Å². The number of nitrogens with zero attached hydrogens (tertiary/aromatic N) is 1. The van der Waals surface area contributed by atoms with Gasteiger partial charge in [-0.3, -0.25) is 4.79 Å². The third kappa shape index (κ3) is 1.86. The van der Waals surface area contributed by atoms with E-state index in [1.165, 1.54) is 11.8 Å². The van der Waals surface area contributed by atoms with Crippen LogP contribution in [-0.4, -0.2) is 42.1 Å². The van der Waals surface area contributed by atoms with Crippen molar-refractivity contribution < 1.29 is 14.3 Å². The standard InChI is InChI=1S/C6H9NO3S/c1-11-4-5(8)7-2-3-10-6(7)9/h2-4H2,1H3. The van der Waals surface area contributed by atoms with Crippen molar-refractivity contribution in [3.63, 3.8) is 0 Å². The molecular formula is C6H9NO3S. The number of imide groups is 1. The van der Waals surface area contributed by atoms with Gasteiger partial charge in [0.15, 0.2) is 0 Å². The minimum absolute atomic E-state index is 0.167. The molecule has 2 amide bonds. The number of thioether (sulfide) groups is 1. The monoisotopic (exact) mass is 175 g/mol. The Morgan fingerprint density at radius 3 is 3.00 bits per heavy atom. The molecule has 0 aromatic carbocycles. The van der Waals surface area contributed by atoms with Gasteiger partial charge in [-0.2, -0.15) is 11.8 Å². The minimum atomic E-state index is -0.510. The first-order chi connectivity index (χ1) is 5.25. The highest BCUT2D eigenvalue weighted by molar-refractivity contribution is 7.99. The molecule has 0 spiro atoms. The zero-order chi connectivity index (χ0) is 8.27. The van der Waals surface area contributed by atoms with Gasteiger partial charge in [0.2, 0.25) is 5.91 Å². The number of hydrogen-bond acceptors (Lipinski definition) is 4. The van der Waals surface area contributed by atoms with Crippen LogP contribution in [0.25, 0.3) is 0 Å². The smallest absolute Gasteiger partial charge is 0.416 e. The molecule has 1 aliphatic heterocycles. The lowest BCUT2D eigenvalue weighted by molar-refractivity contribution is -0.124. The Hall–Kier alpha value is -0.710. The Morgan fingerprint density at radius 1 is 1.82 bits per heavy atom. The van der Waals surface area contributed by atoms with E-state index in [0.29, 0.717) is 18.9 Å². The molecule has 0 unspecified atom stereocenters. The van der Waals surface area contributed by atoms with E-state index in [2.05, 4.69) is 4.74 Å². The van der Waals surface area contributed by atoms with Crippen LogP contribution in [0.4, 0.5) is 4.79 Å². The predicted molar refractivity (Wildman–Crippen MR) is 41.4 cm³/mol. The first-order valence-electron chi connectivity index (χ1n) is 3.21. The van der Waals surface area contributed by atoms with Crippen LogP contribution in [-0.2, 0) is 9.53 Å². The molecule has 62 valence electrons. The molecule has 0 N–H and O–H groups in total. The quantitative estimate of drug-likeness (QED) is 0.606. The lowest BCUT2D eigenvalue weighted by atomic mass is 10.5. The summed E-state index contributed by atoms with van der Waals surface area (Å²) in [6.07, 6.45) is 1.31. The molecule has 0 aromatic rings. The van der Waals surface area contributed by atoms with Gasteiger partial charge in [0.1, 0.15) is 6.61 Å². The average molecular weight is 175 g/mol. The fourth-order valence-corrected chi connectivity index (χ4v) is 1.22. The molecule has 4 nitrogen and oxygen atoms in total. The zero-order valence-electron chi connectivity index (χ0n) is 6.20. The van der Waals surface area contributed by atoms with Crippen LogP contribution >= 0.6 is 11.8 Å². The number of amides is 2. The van der Waals surface area contributed by atoms with Crippen LogP contribution in [0.5, 0.6) is 0 Å². The summed E-state index contributed by atoms with van der Waals surface area (Å²) in [6, 6.07) is 0. The number of rotatable bonds is 2. The molecular weight excluding hydrogens is 166 g/mol. The fourth-order valence-electron chi connectivity index (χ4n) is 0.821. The van der Waals surface area contributed by atoms with Crippen LogP contribution in [0.15, 0.2) is 0 Å². The largest absolute Gasteiger partial charge is 0.447 e. The third-order valence-electron chi connectivity index (χ3n) is 1.33. The summed E-state index contributed by atoms with van der Waals surface area (Å²) >= 11 is 1.40. The normalized spacial score (nSPS) is 16.8. The van der Waals surface area contributed by atoms with Crippen molar-refractivity contribution in [1.82, 2.24) is 4.90 Å². The van der Waals surface area contributed by atoms with E-state index in [4.69, 9.17) is 0 Å². The van der Waals surface area contributed by atoms with E-state index < -0.39 is 6.09 Å². The van der Waals surface area contributed by atoms with Crippen LogP contribution in [0.1, 0.15) is 0 Å². The summed E-state index contributed by atoms with van der Waals surface area (Å²) in [5, 5.41) is 0. The first kappa shape index (κ1) is 8.39. The molecule has 1 saturated heterocycles. The summed E-state index contributed by atoms with van der Waals surface area (Å²) < 4.78 is 4.59. The maximum absolute atomic E-state index is 11.1. The molecule has 0 aromatic heterocycles.